The van der Waals surface area contributed by atoms with Gasteiger partial charge in [0.25, 0.3) is 0 Å². The summed E-state index contributed by atoms with van der Waals surface area (Å²) in [6.45, 7) is 6.53. The van der Waals surface area contributed by atoms with Crippen molar-refractivity contribution in [1.82, 2.24) is 4.98 Å². The quantitative estimate of drug-likeness (QED) is 0.697. The lowest BCUT2D eigenvalue weighted by Gasteiger charge is -1.96. The van der Waals surface area contributed by atoms with Gasteiger partial charge in [0.05, 0.1) is 10.7 Å². The van der Waals surface area contributed by atoms with E-state index in [4.69, 9.17) is 0 Å². The summed E-state index contributed by atoms with van der Waals surface area (Å²) >= 11 is 1.85. The highest BCUT2D eigenvalue weighted by Gasteiger charge is 2.05. The Morgan fingerprint density at radius 1 is 1.33 bits per heavy atom. The number of rotatable bonds is 4. The third kappa shape index (κ3) is 2.31. The van der Waals surface area contributed by atoms with Crippen LogP contribution in [0.1, 0.15) is 42.3 Å². The molecule has 1 aromatic heterocycles. The molecule has 12 heavy (non-hydrogen) atoms. The summed E-state index contributed by atoms with van der Waals surface area (Å²) in [4.78, 5) is 6.02. The minimum atomic E-state index is 1.14. The van der Waals surface area contributed by atoms with Gasteiger partial charge in [-0.1, -0.05) is 20.3 Å². The van der Waals surface area contributed by atoms with Gasteiger partial charge in [0.2, 0.25) is 0 Å². The van der Waals surface area contributed by atoms with E-state index in [1.165, 1.54) is 34.8 Å². The molecule has 0 radical (unpaired) electrons. The van der Waals surface area contributed by atoms with Crippen molar-refractivity contribution in [3.05, 3.63) is 15.6 Å². The Morgan fingerprint density at radius 3 is 2.67 bits per heavy atom. The first kappa shape index (κ1) is 9.72. The summed E-state index contributed by atoms with van der Waals surface area (Å²) in [7, 11) is 0. The SMILES string of the molecule is CCCCc1nc(C)sc1CC. The van der Waals surface area contributed by atoms with E-state index in [2.05, 4.69) is 25.8 Å². The lowest BCUT2D eigenvalue weighted by atomic mass is 10.2. The predicted octanol–water partition coefficient (Wildman–Crippen LogP) is 3.36. The van der Waals surface area contributed by atoms with Gasteiger partial charge in [0, 0.05) is 4.88 Å². The van der Waals surface area contributed by atoms with Crippen molar-refractivity contribution in [2.45, 2.75) is 46.5 Å². The number of thiazole rings is 1. The van der Waals surface area contributed by atoms with Gasteiger partial charge in [-0.3, -0.25) is 0 Å². The zero-order chi connectivity index (χ0) is 8.97. The van der Waals surface area contributed by atoms with Gasteiger partial charge in [-0.2, -0.15) is 0 Å². The maximum Gasteiger partial charge on any atom is 0.0900 e. The van der Waals surface area contributed by atoms with Crippen molar-refractivity contribution in [3.8, 4) is 0 Å². The lowest BCUT2D eigenvalue weighted by molar-refractivity contribution is 0.772. The Bertz CT molecular complexity index is 240. The Hall–Kier alpha value is -0.370. The highest BCUT2D eigenvalue weighted by Crippen LogP contribution is 2.19. The second kappa shape index (κ2) is 4.61. The van der Waals surface area contributed by atoms with E-state index in [9.17, 15) is 0 Å². The van der Waals surface area contributed by atoms with E-state index in [-0.39, 0.29) is 0 Å². The minimum Gasteiger partial charge on any atom is -0.246 e. The van der Waals surface area contributed by atoms with Gasteiger partial charge in [-0.25, -0.2) is 4.98 Å². The van der Waals surface area contributed by atoms with Crippen LogP contribution in [0, 0.1) is 6.92 Å². The molecule has 68 valence electrons. The number of hydrogen-bond acceptors (Lipinski definition) is 2. The average Bonchev–Trinajstić information content (AvgIpc) is 2.42. The van der Waals surface area contributed by atoms with Crippen molar-refractivity contribution < 1.29 is 0 Å². The molecule has 0 amide bonds. The van der Waals surface area contributed by atoms with Crippen molar-refractivity contribution in [2.75, 3.05) is 0 Å². The Kier molecular flexibility index (Phi) is 3.73. The van der Waals surface area contributed by atoms with Crippen LogP contribution in [0.15, 0.2) is 0 Å². The van der Waals surface area contributed by atoms with Gasteiger partial charge in [0.15, 0.2) is 0 Å². The average molecular weight is 183 g/mol. The van der Waals surface area contributed by atoms with Gasteiger partial charge < -0.3 is 0 Å². The molecule has 0 aliphatic carbocycles. The Labute approximate surface area is 78.8 Å². The summed E-state index contributed by atoms with van der Waals surface area (Å²) in [6.07, 6.45) is 4.85. The lowest BCUT2D eigenvalue weighted by Crippen LogP contribution is -1.89. The van der Waals surface area contributed by atoms with Crippen molar-refractivity contribution >= 4 is 11.3 Å². The van der Waals surface area contributed by atoms with Gasteiger partial charge in [-0.15, -0.1) is 11.3 Å². The molecule has 0 saturated heterocycles. The van der Waals surface area contributed by atoms with Gasteiger partial charge in [-0.05, 0) is 26.2 Å². The summed E-state index contributed by atoms with van der Waals surface area (Å²) in [5.74, 6) is 0. The van der Waals surface area contributed by atoms with Gasteiger partial charge >= 0.3 is 0 Å². The summed E-state index contributed by atoms with van der Waals surface area (Å²) in [5.41, 5.74) is 1.35. The first-order chi connectivity index (χ1) is 5.77. The van der Waals surface area contributed by atoms with Crippen LogP contribution >= 0.6 is 11.3 Å². The molecule has 0 aromatic carbocycles. The molecular formula is C10H17NS. The number of unbranched alkanes of at least 4 members (excludes halogenated alkanes) is 1. The molecule has 0 N–H and O–H groups in total. The maximum atomic E-state index is 4.54. The van der Waals surface area contributed by atoms with Crippen molar-refractivity contribution in [1.29, 1.82) is 0 Å². The predicted molar refractivity (Wildman–Crippen MR) is 54.8 cm³/mol. The fourth-order valence-electron chi connectivity index (χ4n) is 1.33. The number of aromatic nitrogens is 1. The van der Waals surface area contributed by atoms with E-state index in [0.717, 1.165) is 6.42 Å². The standard InChI is InChI=1S/C10H17NS/c1-4-6-7-9-10(5-2)12-8(3)11-9/h4-7H2,1-3H3. The van der Waals surface area contributed by atoms with Crippen LogP contribution in [0.2, 0.25) is 0 Å². The monoisotopic (exact) mass is 183 g/mol. The third-order valence-electron chi connectivity index (χ3n) is 1.97. The van der Waals surface area contributed by atoms with Crippen molar-refractivity contribution in [3.63, 3.8) is 0 Å². The molecule has 1 rings (SSSR count). The normalized spacial score (nSPS) is 10.6. The van der Waals surface area contributed by atoms with E-state index >= 15 is 0 Å². The van der Waals surface area contributed by atoms with E-state index < -0.39 is 0 Å². The molecule has 0 fully saturated rings. The topological polar surface area (TPSA) is 12.9 Å². The van der Waals surface area contributed by atoms with Crippen LogP contribution in [0.5, 0.6) is 0 Å². The molecule has 0 aliphatic heterocycles. The van der Waals surface area contributed by atoms with Crippen molar-refractivity contribution in [2.24, 2.45) is 0 Å². The second-order valence-electron chi connectivity index (χ2n) is 3.06. The summed E-state index contributed by atoms with van der Waals surface area (Å²) in [5, 5.41) is 1.22. The van der Waals surface area contributed by atoms with Crippen LogP contribution in [0.3, 0.4) is 0 Å². The first-order valence-electron chi connectivity index (χ1n) is 4.73. The highest BCUT2D eigenvalue weighted by molar-refractivity contribution is 7.11. The smallest absolute Gasteiger partial charge is 0.0900 e. The van der Waals surface area contributed by atoms with Crippen LogP contribution in [0.4, 0.5) is 0 Å². The first-order valence-corrected chi connectivity index (χ1v) is 5.54. The molecule has 1 heterocycles. The maximum absolute atomic E-state index is 4.54. The van der Waals surface area contributed by atoms with Crippen LogP contribution in [-0.2, 0) is 12.8 Å². The van der Waals surface area contributed by atoms with Gasteiger partial charge in [0.1, 0.15) is 0 Å². The molecule has 0 unspecified atom stereocenters. The zero-order valence-electron chi connectivity index (χ0n) is 8.18. The second-order valence-corrected chi connectivity index (χ2v) is 4.35. The minimum absolute atomic E-state index is 1.14. The molecule has 0 bridgehead atoms. The molecule has 1 aromatic rings. The Morgan fingerprint density at radius 2 is 2.08 bits per heavy atom. The molecule has 0 spiro atoms. The molecule has 0 atom stereocenters. The number of nitrogens with zero attached hydrogens (tertiary/aromatic N) is 1. The van der Waals surface area contributed by atoms with E-state index in [1.807, 2.05) is 11.3 Å². The van der Waals surface area contributed by atoms with Crippen LogP contribution in [-0.4, -0.2) is 4.98 Å². The number of aryl methyl sites for hydroxylation is 3. The summed E-state index contributed by atoms with van der Waals surface area (Å²) < 4.78 is 0. The molecule has 0 aliphatic rings. The fraction of sp³-hybridized carbons (Fsp3) is 0.700. The van der Waals surface area contributed by atoms with E-state index in [0.29, 0.717) is 0 Å². The zero-order valence-corrected chi connectivity index (χ0v) is 9.00. The molecule has 2 heteroatoms. The highest BCUT2D eigenvalue weighted by atomic mass is 32.1. The number of hydrogen-bond donors (Lipinski definition) is 0. The van der Waals surface area contributed by atoms with E-state index in [1.54, 1.807) is 0 Å². The Balaban J connectivity index is 2.68. The van der Waals surface area contributed by atoms with Crippen LogP contribution < -0.4 is 0 Å². The largest absolute Gasteiger partial charge is 0.246 e. The molecular weight excluding hydrogens is 166 g/mol. The molecule has 0 saturated carbocycles. The fourth-order valence-corrected chi connectivity index (χ4v) is 2.25. The summed E-state index contributed by atoms with van der Waals surface area (Å²) in [6, 6.07) is 0. The third-order valence-corrected chi connectivity index (χ3v) is 3.13. The molecule has 1 nitrogen and oxygen atoms in total. The van der Waals surface area contributed by atoms with Crippen LogP contribution in [0.25, 0.3) is 0 Å².